The van der Waals surface area contributed by atoms with Crippen LogP contribution >= 0.6 is 0 Å². The molecule has 11 nitrogen and oxygen atoms in total. The summed E-state index contributed by atoms with van der Waals surface area (Å²) in [4.78, 5) is 43.1. The second-order valence-corrected chi connectivity index (χ2v) is 3.89. The lowest BCUT2D eigenvalue weighted by atomic mass is 9.86. The van der Waals surface area contributed by atoms with E-state index in [1.54, 1.807) is 0 Å². The fourth-order valence-electron chi connectivity index (χ4n) is 1.88. The van der Waals surface area contributed by atoms with Crippen molar-refractivity contribution < 1.29 is 24.2 Å². The van der Waals surface area contributed by atoms with Gasteiger partial charge in [0.1, 0.15) is 6.04 Å². The maximum atomic E-state index is 12.0. The van der Waals surface area contributed by atoms with Gasteiger partial charge in [0, 0.05) is 4.92 Å². The van der Waals surface area contributed by atoms with Crippen LogP contribution in [0.4, 0.5) is 4.79 Å². The first-order valence-corrected chi connectivity index (χ1v) is 5.51. The van der Waals surface area contributed by atoms with Crippen molar-refractivity contribution in [1.29, 1.82) is 0 Å². The zero-order valence-electron chi connectivity index (χ0n) is 10.6. The standard InChI is InChI=1S/C9H12N4O7/c1-3-20-7(14)9(13(18)19)5(2)10-8(15)11-6(9)4-12(16)17/h4-5H,3H2,1-2H3,(H2,10,11,15)/b6-4-. The summed E-state index contributed by atoms with van der Waals surface area (Å²) in [5.74, 6) is -1.29. The molecule has 110 valence electrons. The molecule has 1 aliphatic rings. The van der Waals surface area contributed by atoms with Gasteiger partial charge in [-0.1, -0.05) is 0 Å². The minimum absolute atomic E-state index is 0.152. The number of hydrogen-bond acceptors (Lipinski definition) is 7. The minimum Gasteiger partial charge on any atom is -0.460 e. The first kappa shape index (κ1) is 15.3. The number of esters is 1. The summed E-state index contributed by atoms with van der Waals surface area (Å²) < 4.78 is 4.63. The monoisotopic (exact) mass is 288 g/mol. The molecular weight excluding hydrogens is 276 g/mol. The zero-order chi connectivity index (χ0) is 15.5. The van der Waals surface area contributed by atoms with E-state index in [9.17, 15) is 29.8 Å². The van der Waals surface area contributed by atoms with E-state index in [2.05, 4.69) is 10.1 Å². The van der Waals surface area contributed by atoms with Crippen LogP contribution in [-0.4, -0.2) is 40.0 Å². The van der Waals surface area contributed by atoms with Crippen molar-refractivity contribution in [3.63, 3.8) is 0 Å². The fraction of sp³-hybridized carbons (Fsp3) is 0.556. The molecule has 11 heteroatoms. The third-order valence-corrected chi connectivity index (χ3v) is 2.74. The second-order valence-electron chi connectivity index (χ2n) is 3.89. The lowest BCUT2D eigenvalue weighted by Gasteiger charge is -2.33. The van der Waals surface area contributed by atoms with Crippen LogP contribution in [0.3, 0.4) is 0 Å². The molecule has 0 aliphatic carbocycles. The number of rotatable bonds is 4. The number of nitrogens with zero attached hydrogens (tertiary/aromatic N) is 2. The summed E-state index contributed by atoms with van der Waals surface area (Å²) in [5.41, 5.74) is -3.33. The van der Waals surface area contributed by atoms with Crippen molar-refractivity contribution in [1.82, 2.24) is 10.6 Å². The Balaban J connectivity index is 3.47. The first-order valence-electron chi connectivity index (χ1n) is 5.51. The van der Waals surface area contributed by atoms with Crippen molar-refractivity contribution in [3.05, 3.63) is 32.1 Å². The highest BCUT2D eigenvalue weighted by Gasteiger charge is 2.65. The van der Waals surface area contributed by atoms with E-state index < -0.39 is 39.1 Å². The van der Waals surface area contributed by atoms with Crippen molar-refractivity contribution >= 4 is 12.0 Å². The summed E-state index contributed by atoms with van der Waals surface area (Å²) in [5, 5.41) is 26.0. The van der Waals surface area contributed by atoms with Gasteiger partial charge >= 0.3 is 17.5 Å². The lowest BCUT2D eigenvalue weighted by Crippen LogP contribution is -2.70. The van der Waals surface area contributed by atoms with Gasteiger partial charge in [-0.3, -0.25) is 25.5 Å². The van der Waals surface area contributed by atoms with Crippen LogP contribution in [0.1, 0.15) is 13.8 Å². The van der Waals surface area contributed by atoms with Gasteiger partial charge in [-0.25, -0.2) is 9.59 Å². The molecule has 2 N–H and O–H groups in total. The predicted octanol–water partition coefficient (Wildman–Crippen LogP) is -0.616. The molecule has 0 aromatic heterocycles. The molecule has 0 radical (unpaired) electrons. The SMILES string of the molecule is CCOC(=O)C1([N+](=O)[O-])/C(=C/[N+](=O)[O-])NC(=O)NC1C. The van der Waals surface area contributed by atoms with Crippen LogP contribution in [0.25, 0.3) is 0 Å². The van der Waals surface area contributed by atoms with Gasteiger partial charge in [0.15, 0.2) is 5.70 Å². The van der Waals surface area contributed by atoms with Gasteiger partial charge in [-0.2, -0.15) is 0 Å². The van der Waals surface area contributed by atoms with Gasteiger partial charge < -0.3 is 10.1 Å². The average Bonchev–Trinajstić information content (AvgIpc) is 2.27. The first-order chi connectivity index (χ1) is 9.26. The van der Waals surface area contributed by atoms with E-state index in [4.69, 9.17) is 0 Å². The Hall–Kier alpha value is -2.72. The summed E-state index contributed by atoms with van der Waals surface area (Å²) >= 11 is 0. The quantitative estimate of drug-likeness (QED) is 0.397. The molecule has 0 aromatic rings. The molecule has 1 rings (SSSR count). The van der Waals surface area contributed by atoms with E-state index in [1.807, 2.05) is 5.32 Å². The van der Waals surface area contributed by atoms with Crippen LogP contribution in [0.5, 0.6) is 0 Å². The highest BCUT2D eigenvalue weighted by Crippen LogP contribution is 2.28. The number of carbonyl (C=O) groups excluding carboxylic acids is 2. The Morgan fingerprint density at radius 2 is 2.10 bits per heavy atom. The van der Waals surface area contributed by atoms with E-state index >= 15 is 0 Å². The highest BCUT2D eigenvalue weighted by molar-refractivity contribution is 5.90. The van der Waals surface area contributed by atoms with Crippen molar-refractivity contribution in [2.45, 2.75) is 25.4 Å². The number of ether oxygens (including phenoxy) is 1. The van der Waals surface area contributed by atoms with E-state index in [0.29, 0.717) is 0 Å². The fourth-order valence-corrected chi connectivity index (χ4v) is 1.88. The number of urea groups is 1. The Bertz CT molecular complexity index is 503. The van der Waals surface area contributed by atoms with E-state index in [1.165, 1.54) is 13.8 Å². The van der Waals surface area contributed by atoms with Crippen LogP contribution in [0.2, 0.25) is 0 Å². The van der Waals surface area contributed by atoms with Crippen LogP contribution in [0, 0.1) is 20.2 Å². The maximum absolute atomic E-state index is 12.0. The van der Waals surface area contributed by atoms with Crippen molar-refractivity contribution in [3.8, 4) is 0 Å². The van der Waals surface area contributed by atoms with Crippen molar-refractivity contribution in [2.24, 2.45) is 0 Å². The molecule has 1 aliphatic heterocycles. The molecule has 1 saturated heterocycles. The molecule has 0 aromatic carbocycles. The third-order valence-electron chi connectivity index (χ3n) is 2.74. The molecule has 2 unspecified atom stereocenters. The van der Waals surface area contributed by atoms with E-state index in [0.717, 1.165) is 0 Å². The third kappa shape index (κ3) is 2.37. The predicted molar refractivity (Wildman–Crippen MR) is 62.6 cm³/mol. The summed E-state index contributed by atoms with van der Waals surface area (Å²) in [7, 11) is 0. The van der Waals surface area contributed by atoms with Gasteiger partial charge in [-0.15, -0.1) is 0 Å². The normalized spacial score (nSPS) is 27.4. The number of nitrogens with one attached hydrogen (secondary N) is 2. The molecular formula is C9H12N4O7. The van der Waals surface area contributed by atoms with E-state index in [-0.39, 0.29) is 12.8 Å². The summed E-state index contributed by atoms with van der Waals surface area (Å²) in [6, 6.07) is -2.20. The van der Waals surface area contributed by atoms with Gasteiger partial charge in [-0.05, 0) is 13.8 Å². The second kappa shape index (κ2) is 5.50. The summed E-state index contributed by atoms with van der Waals surface area (Å²) in [6.45, 7) is 2.47. The number of carbonyl (C=O) groups is 2. The van der Waals surface area contributed by atoms with Gasteiger partial charge in [0.25, 0.3) is 6.20 Å². The molecule has 0 spiro atoms. The molecule has 2 amide bonds. The Kier molecular flexibility index (Phi) is 4.22. The molecule has 0 bridgehead atoms. The average molecular weight is 288 g/mol. The summed E-state index contributed by atoms with van der Waals surface area (Å²) in [6.07, 6.45) is 0.217. The molecule has 1 heterocycles. The smallest absolute Gasteiger partial charge is 0.394 e. The minimum atomic E-state index is -2.59. The number of nitro groups is 2. The molecule has 20 heavy (non-hydrogen) atoms. The molecule has 0 saturated carbocycles. The largest absolute Gasteiger partial charge is 0.460 e. The zero-order valence-corrected chi connectivity index (χ0v) is 10.6. The highest BCUT2D eigenvalue weighted by atomic mass is 16.6. The Morgan fingerprint density at radius 3 is 2.55 bits per heavy atom. The van der Waals surface area contributed by atoms with Crippen molar-refractivity contribution in [2.75, 3.05) is 6.61 Å². The lowest BCUT2D eigenvalue weighted by molar-refractivity contribution is -0.551. The molecule has 2 atom stereocenters. The van der Waals surface area contributed by atoms with Crippen LogP contribution in [0.15, 0.2) is 11.9 Å². The van der Waals surface area contributed by atoms with Gasteiger partial charge in [0.2, 0.25) is 0 Å². The number of amides is 2. The molecule has 1 fully saturated rings. The topological polar surface area (TPSA) is 154 Å². The van der Waals surface area contributed by atoms with Gasteiger partial charge in [0.05, 0.1) is 11.5 Å². The maximum Gasteiger partial charge on any atom is 0.394 e. The Morgan fingerprint density at radius 1 is 1.50 bits per heavy atom. The number of hydrogen-bond donors (Lipinski definition) is 2. The van der Waals surface area contributed by atoms with Crippen LogP contribution in [-0.2, 0) is 9.53 Å². The Labute approximate surface area is 112 Å². The van der Waals surface area contributed by atoms with Crippen LogP contribution < -0.4 is 10.6 Å².